The van der Waals surface area contributed by atoms with Gasteiger partial charge in [0.2, 0.25) is 0 Å². The molecule has 4 rings (SSSR count). The minimum Gasteiger partial charge on any atom is -0.478 e. The number of rotatable bonds is 1. The van der Waals surface area contributed by atoms with E-state index < -0.39 is 5.97 Å². The normalized spacial score (nSPS) is 18.8. The number of Topliss-reactive ketones (excluding diaryl/α,β-unsaturated/α-hetero) is 1. The summed E-state index contributed by atoms with van der Waals surface area (Å²) in [5.74, 6) is -0.382. The van der Waals surface area contributed by atoms with Crippen LogP contribution < -0.4 is 0 Å². The van der Waals surface area contributed by atoms with Gasteiger partial charge in [-0.2, -0.15) is 0 Å². The highest BCUT2D eigenvalue weighted by molar-refractivity contribution is 7.99. The molecular formula is C19H16O3S. The monoisotopic (exact) mass is 324 g/mol. The van der Waals surface area contributed by atoms with E-state index in [-0.39, 0.29) is 5.78 Å². The molecule has 2 aromatic rings. The Bertz CT molecular complexity index is 854. The van der Waals surface area contributed by atoms with E-state index in [2.05, 4.69) is 13.0 Å². The first-order valence-electron chi connectivity index (χ1n) is 7.77. The molecule has 0 saturated heterocycles. The molecule has 0 bridgehead atoms. The lowest BCUT2D eigenvalue weighted by molar-refractivity contribution is 0.0696. The maximum Gasteiger partial charge on any atom is 0.335 e. The number of hydrogen-bond acceptors (Lipinski definition) is 3. The zero-order valence-electron chi connectivity index (χ0n) is 12.8. The number of aryl methyl sites for hydroxylation is 2. The first kappa shape index (κ1) is 14.5. The van der Waals surface area contributed by atoms with Gasteiger partial charge in [-0.15, -0.1) is 0 Å². The molecule has 1 aliphatic carbocycles. The molecule has 3 nitrogen and oxygen atoms in total. The van der Waals surface area contributed by atoms with Gasteiger partial charge in [0, 0.05) is 21.8 Å². The molecule has 1 atom stereocenters. The molecule has 116 valence electrons. The lowest BCUT2D eigenvalue weighted by Crippen LogP contribution is -1.98. The van der Waals surface area contributed by atoms with Crippen LogP contribution in [-0.4, -0.2) is 16.9 Å². The van der Waals surface area contributed by atoms with Gasteiger partial charge in [-0.1, -0.05) is 30.8 Å². The third-order valence-electron chi connectivity index (χ3n) is 4.75. The lowest BCUT2D eigenvalue weighted by atomic mass is 9.97. The van der Waals surface area contributed by atoms with Gasteiger partial charge in [0.15, 0.2) is 5.78 Å². The standard InChI is InChI=1S/C19H16O3S/c1-10-6-16(20)15-9-18-12(7-14(10)15)4-2-11-3-5-13(19(21)22)8-17(11)23-18/h3,5,7-10H,2,4,6H2,1H3,(H,21,22). The van der Waals surface area contributed by atoms with Crippen molar-refractivity contribution >= 4 is 23.5 Å². The third-order valence-corrected chi connectivity index (χ3v) is 5.95. The van der Waals surface area contributed by atoms with Gasteiger partial charge in [0.05, 0.1) is 5.56 Å². The summed E-state index contributed by atoms with van der Waals surface area (Å²) >= 11 is 1.59. The fraction of sp³-hybridized carbons (Fsp3) is 0.263. The number of benzene rings is 2. The maximum absolute atomic E-state index is 12.1. The van der Waals surface area contributed by atoms with Crippen molar-refractivity contribution in [2.45, 2.75) is 41.9 Å². The Morgan fingerprint density at radius 2 is 1.87 bits per heavy atom. The van der Waals surface area contributed by atoms with Crippen LogP contribution in [0.4, 0.5) is 0 Å². The number of aromatic carboxylic acids is 1. The summed E-state index contributed by atoms with van der Waals surface area (Å²) in [7, 11) is 0. The van der Waals surface area contributed by atoms with Crippen LogP contribution in [-0.2, 0) is 12.8 Å². The van der Waals surface area contributed by atoms with Crippen molar-refractivity contribution in [2.75, 3.05) is 0 Å². The van der Waals surface area contributed by atoms with Crippen molar-refractivity contribution in [1.82, 2.24) is 0 Å². The smallest absolute Gasteiger partial charge is 0.335 e. The van der Waals surface area contributed by atoms with Gasteiger partial charge in [0.1, 0.15) is 0 Å². The molecule has 0 radical (unpaired) electrons. The Hall–Kier alpha value is -2.07. The highest BCUT2D eigenvalue weighted by Gasteiger charge is 2.28. The molecule has 1 aliphatic heterocycles. The Kier molecular flexibility index (Phi) is 3.31. The van der Waals surface area contributed by atoms with E-state index in [1.54, 1.807) is 23.9 Å². The van der Waals surface area contributed by atoms with E-state index in [9.17, 15) is 14.7 Å². The first-order chi connectivity index (χ1) is 11.0. The summed E-state index contributed by atoms with van der Waals surface area (Å²) in [6, 6.07) is 9.54. The minimum absolute atomic E-state index is 0.222. The average Bonchev–Trinajstić information content (AvgIpc) is 2.70. The van der Waals surface area contributed by atoms with Gasteiger partial charge in [-0.05, 0) is 53.6 Å². The van der Waals surface area contributed by atoms with Crippen molar-refractivity contribution in [3.8, 4) is 0 Å². The highest BCUT2D eigenvalue weighted by Crippen LogP contribution is 2.42. The topological polar surface area (TPSA) is 54.4 Å². The zero-order valence-corrected chi connectivity index (χ0v) is 13.6. The molecule has 0 saturated carbocycles. The van der Waals surface area contributed by atoms with Crippen LogP contribution in [0.3, 0.4) is 0 Å². The van der Waals surface area contributed by atoms with Crippen LogP contribution in [0.25, 0.3) is 0 Å². The quantitative estimate of drug-likeness (QED) is 0.848. The summed E-state index contributed by atoms with van der Waals surface area (Å²) in [4.78, 5) is 25.4. The lowest BCUT2D eigenvalue weighted by Gasteiger charge is -2.10. The van der Waals surface area contributed by atoms with Gasteiger partial charge in [-0.25, -0.2) is 4.79 Å². The predicted octanol–water partition coefficient (Wildman–Crippen LogP) is 4.32. The van der Waals surface area contributed by atoms with E-state index in [1.807, 2.05) is 12.1 Å². The van der Waals surface area contributed by atoms with E-state index >= 15 is 0 Å². The Morgan fingerprint density at radius 3 is 2.65 bits per heavy atom. The van der Waals surface area contributed by atoms with Crippen molar-refractivity contribution in [3.63, 3.8) is 0 Å². The summed E-state index contributed by atoms with van der Waals surface area (Å²) in [5, 5.41) is 9.19. The average molecular weight is 324 g/mol. The van der Waals surface area contributed by atoms with Crippen LogP contribution in [0.5, 0.6) is 0 Å². The molecular weight excluding hydrogens is 308 g/mol. The van der Waals surface area contributed by atoms with Crippen molar-refractivity contribution in [1.29, 1.82) is 0 Å². The fourth-order valence-electron chi connectivity index (χ4n) is 3.46. The second-order valence-corrected chi connectivity index (χ2v) is 7.39. The molecule has 23 heavy (non-hydrogen) atoms. The zero-order chi connectivity index (χ0) is 16.1. The maximum atomic E-state index is 12.1. The third kappa shape index (κ3) is 2.38. The van der Waals surface area contributed by atoms with Gasteiger partial charge >= 0.3 is 5.97 Å². The molecule has 2 aliphatic rings. The van der Waals surface area contributed by atoms with Gasteiger partial charge in [-0.3, -0.25) is 4.79 Å². The second-order valence-electron chi connectivity index (χ2n) is 6.31. The first-order valence-corrected chi connectivity index (χ1v) is 8.58. The van der Waals surface area contributed by atoms with E-state index in [0.29, 0.717) is 17.9 Å². The molecule has 1 N–H and O–H groups in total. The Morgan fingerprint density at radius 1 is 1.13 bits per heavy atom. The largest absolute Gasteiger partial charge is 0.478 e. The SMILES string of the molecule is CC1CC(=O)c2cc3c(cc21)CCc1ccc(C(=O)O)cc1S3. The Balaban J connectivity index is 1.81. The van der Waals surface area contributed by atoms with Crippen LogP contribution >= 0.6 is 11.8 Å². The molecule has 4 heteroatoms. The summed E-state index contributed by atoms with van der Waals surface area (Å²) < 4.78 is 0. The van der Waals surface area contributed by atoms with Crippen molar-refractivity contribution < 1.29 is 14.7 Å². The second kappa shape index (κ2) is 5.24. The van der Waals surface area contributed by atoms with Crippen LogP contribution in [0.1, 0.15) is 56.7 Å². The molecule has 0 fully saturated rings. The molecule has 1 heterocycles. The van der Waals surface area contributed by atoms with E-state index in [4.69, 9.17) is 0 Å². The molecule has 2 aromatic carbocycles. The number of carbonyl (C=O) groups is 2. The molecule has 0 amide bonds. The molecule has 0 aromatic heterocycles. The predicted molar refractivity (Wildman–Crippen MR) is 88.7 cm³/mol. The minimum atomic E-state index is -0.907. The van der Waals surface area contributed by atoms with Gasteiger partial charge in [0.25, 0.3) is 0 Å². The van der Waals surface area contributed by atoms with Crippen LogP contribution in [0.2, 0.25) is 0 Å². The summed E-state index contributed by atoms with van der Waals surface area (Å²) in [6.07, 6.45) is 2.43. The van der Waals surface area contributed by atoms with Gasteiger partial charge < -0.3 is 5.11 Å². The number of ketones is 1. The number of carboxylic acids is 1. The van der Waals surface area contributed by atoms with E-state index in [1.165, 1.54) is 16.7 Å². The molecule has 0 spiro atoms. The number of fused-ring (bicyclic) bond motifs is 3. The van der Waals surface area contributed by atoms with Crippen molar-refractivity contribution in [3.05, 3.63) is 58.1 Å². The summed E-state index contributed by atoms with van der Waals surface area (Å²) in [5.41, 5.74) is 4.78. The van der Waals surface area contributed by atoms with Crippen LogP contribution in [0, 0.1) is 0 Å². The summed E-state index contributed by atoms with van der Waals surface area (Å²) in [6.45, 7) is 2.11. The van der Waals surface area contributed by atoms with Crippen LogP contribution in [0.15, 0.2) is 40.1 Å². The fourth-order valence-corrected chi connectivity index (χ4v) is 4.65. The number of hydrogen-bond donors (Lipinski definition) is 1. The number of carbonyl (C=O) groups excluding carboxylic acids is 1. The van der Waals surface area contributed by atoms with Crippen molar-refractivity contribution in [2.24, 2.45) is 0 Å². The highest BCUT2D eigenvalue weighted by atomic mass is 32.2. The number of carboxylic acid groups (broad SMARTS) is 1. The van der Waals surface area contributed by atoms with E-state index in [0.717, 1.165) is 28.2 Å². The molecule has 1 unspecified atom stereocenters. The Labute approximate surface area is 138 Å².